The van der Waals surface area contributed by atoms with Gasteiger partial charge in [-0.1, -0.05) is 12.1 Å². The van der Waals surface area contributed by atoms with Gasteiger partial charge >= 0.3 is 12.1 Å². The van der Waals surface area contributed by atoms with Gasteiger partial charge < -0.3 is 15.2 Å². The van der Waals surface area contributed by atoms with Crippen molar-refractivity contribution in [2.24, 2.45) is 0 Å². The summed E-state index contributed by atoms with van der Waals surface area (Å²) in [4.78, 5) is 32.0. The topological polar surface area (TPSA) is 120 Å². The molecule has 0 saturated heterocycles. The molecule has 0 aliphatic carbocycles. The molecular formula is C18H23N5O4. The summed E-state index contributed by atoms with van der Waals surface area (Å²) in [6.45, 7) is 5.37. The van der Waals surface area contributed by atoms with Crippen LogP contribution in [-0.2, 0) is 9.47 Å². The lowest BCUT2D eigenvalue weighted by atomic mass is 10.1. The summed E-state index contributed by atoms with van der Waals surface area (Å²) < 4.78 is 9.95. The van der Waals surface area contributed by atoms with Crippen molar-refractivity contribution in [1.29, 1.82) is 0 Å². The first-order valence-electron chi connectivity index (χ1n) is 8.15. The second-order valence-electron chi connectivity index (χ2n) is 6.71. The van der Waals surface area contributed by atoms with E-state index >= 15 is 0 Å². The summed E-state index contributed by atoms with van der Waals surface area (Å²) in [7, 11) is 2.80. The van der Waals surface area contributed by atoms with Crippen LogP contribution in [0.1, 0.15) is 31.3 Å². The number of nitrogens with zero attached hydrogens (tertiary/aromatic N) is 3. The van der Waals surface area contributed by atoms with Crippen LogP contribution in [0.2, 0.25) is 0 Å². The van der Waals surface area contributed by atoms with Gasteiger partial charge in [0.1, 0.15) is 5.60 Å². The highest BCUT2D eigenvalue weighted by Crippen LogP contribution is 2.22. The maximum atomic E-state index is 12.1. The summed E-state index contributed by atoms with van der Waals surface area (Å²) in [5.41, 5.74) is 9.69. The van der Waals surface area contributed by atoms with Gasteiger partial charge in [-0.15, -0.1) is 0 Å². The van der Waals surface area contributed by atoms with Crippen LogP contribution in [0.15, 0.2) is 30.5 Å². The van der Waals surface area contributed by atoms with Crippen molar-refractivity contribution in [2.45, 2.75) is 26.4 Å². The molecule has 27 heavy (non-hydrogen) atoms. The van der Waals surface area contributed by atoms with Gasteiger partial charge in [-0.3, -0.25) is 5.43 Å². The Labute approximate surface area is 157 Å². The standard InChI is InChI=1S/C18H23N5O4/c1-18(2,3)27-17(25)23(4)22-12-8-6-7-11(9-12)13-10-20-15(19)14(21-13)16(24)26-5/h6-10,22H,1-5H3,(H2,19,20). The molecule has 1 aromatic carbocycles. The molecule has 0 aliphatic heterocycles. The maximum absolute atomic E-state index is 12.1. The number of nitrogens with two attached hydrogens (primary N) is 1. The van der Waals surface area contributed by atoms with Gasteiger partial charge in [0.2, 0.25) is 0 Å². The number of rotatable bonds is 4. The van der Waals surface area contributed by atoms with Gasteiger partial charge in [0.15, 0.2) is 11.5 Å². The summed E-state index contributed by atoms with van der Waals surface area (Å²) in [6.07, 6.45) is 0.937. The number of carbonyl (C=O) groups excluding carboxylic acids is 2. The first-order valence-corrected chi connectivity index (χ1v) is 8.15. The van der Waals surface area contributed by atoms with Gasteiger partial charge in [-0.2, -0.15) is 0 Å². The number of nitrogens with one attached hydrogen (secondary N) is 1. The lowest BCUT2D eigenvalue weighted by Crippen LogP contribution is -2.37. The number of benzene rings is 1. The predicted octanol–water partition coefficient (Wildman–Crippen LogP) is 2.71. The number of ether oxygens (including phenoxy) is 2. The first kappa shape index (κ1) is 20.0. The Morgan fingerprint density at radius 3 is 2.59 bits per heavy atom. The molecule has 2 aromatic rings. The van der Waals surface area contributed by atoms with Crippen molar-refractivity contribution in [3.8, 4) is 11.3 Å². The molecule has 2 rings (SSSR count). The Balaban J connectivity index is 2.23. The third kappa shape index (κ3) is 5.30. The van der Waals surface area contributed by atoms with Crippen molar-refractivity contribution in [1.82, 2.24) is 15.0 Å². The van der Waals surface area contributed by atoms with E-state index in [0.717, 1.165) is 0 Å². The average Bonchev–Trinajstić information content (AvgIpc) is 2.60. The van der Waals surface area contributed by atoms with Crippen LogP contribution in [-0.4, -0.2) is 46.8 Å². The number of esters is 1. The molecule has 1 aromatic heterocycles. The number of methoxy groups -OCH3 is 1. The molecule has 0 atom stereocenters. The fourth-order valence-corrected chi connectivity index (χ4v) is 2.10. The number of nitrogen functional groups attached to an aromatic ring is 1. The molecule has 0 aliphatic rings. The summed E-state index contributed by atoms with van der Waals surface area (Å²) in [5, 5.41) is 1.24. The van der Waals surface area contributed by atoms with Crippen LogP contribution in [0.25, 0.3) is 11.3 Å². The zero-order valence-electron chi connectivity index (χ0n) is 15.9. The number of amides is 1. The van der Waals surface area contributed by atoms with Gasteiger partial charge in [0, 0.05) is 12.6 Å². The second kappa shape index (κ2) is 7.90. The summed E-state index contributed by atoms with van der Waals surface area (Å²) >= 11 is 0. The monoisotopic (exact) mass is 373 g/mol. The molecule has 0 bridgehead atoms. The van der Waals surface area contributed by atoms with Crippen molar-refractivity contribution in [3.05, 3.63) is 36.2 Å². The molecule has 1 amide bonds. The van der Waals surface area contributed by atoms with Crippen LogP contribution in [0.5, 0.6) is 0 Å². The van der Waals surface area contributed by atoms with Crippen LogP contribution < -0.4 is 11.2 Å². The molecule has 0 saturated carbocycles. The van der Waals surface area contributed by atoms with E-state index in [1.54, 1.807) is 52.1 Å². The normalized spacial score (nSPS) is 10.9. The molecular weight excluding hydrogens is 350 g/mol. The Bertz CT molecular complexity index is 848. The fraction of sp³-hybridized carbons (Fsp3) is 0.333. The molecule has 0 fully saturated rings. The van der Waals surface area contributed by atoms with Gasteiger partial charge in [0.05, 0.1) is 24.7 Å². The van der Waals surface area contributed by atoms with Crippen molar-refractivity contribution in [3.63, 3.8) is 0 Å². The van der Waals surface area contributed by atoms with Crippen LogP contribution in [0.3, 0.4) is 0 Å². The molecule has 144 valence electrons. The Kier molecular flexibility index (Phi) is 5.84. The highest BCUT2D eigenvalue weighted by Gasteiger charge is 2.20. The number of hydrogen-bond donors (Lipinski definition) is 2. The van der Waals surface area contributed by atoms with E-state index in [4.69, 9.17) is 10.5 Å². The van der Waals surface area contributed by atoms with E-state index in [2.05, 4.69) is 20.1 Å². The average molecular weight is 373 g/mol. The van der Waals surface area contributed by atoms with Gasteiger partial charge in [-0.05, 0) is 32.9 Å². The number of carbonyl (C=O) groups is 2. The number of hydrazine groups is 1. The minimum absolute atomic E-state index is 0.00969. The Morgan fingerprint density at radius 2 is 1.96 bits per heavy atom. The molecule has 0 unspecified atom stereocenters. The van der Waals surface area contributed by atoms with Crippen molar-refractivity contribution < 1.29 is 19.1 Å². The number of hydrogen-bond acceptors (Lipinski definition) is 8. The Morgan fingerprint density at radius 1 is 1.26 bits per heavy atom. The fourth-order valence-electron chi connectivity index (χ4n) is 2.10. The minimum atomic E-state index is -0.666. The third-order valence-electron chi connectivity index (χ3n) is 3.30. The molecule has 3 N–H and O–H groups in total. The lowest BCUT2D eigenvalue weighted by molar-refractivity contribution is 0.0339. The number of aromatic nitrogens is 2. The van der Waals surface area contributed by atoms with Gasteiger partial charge in [0.25, 0.3) is 0 Å². The quantitative estimate of drug-likeness (QED) is 0.620. The smallest absolute Gasteiger partial charge is 0.428 e. The largest absolute Gasteiger partial charge is 0.464 e. The minimum Gasteiger partial charge on any atom is -0.464 e. The lowest BCUT2D eigenvalue weighted by Gasteiger charge is -2.25. The van der Waals surface area contributed by atoms with Crippen molar-refractivity contribution >= 4 is 23.6 Å². The Hall–Kier alpha value is -3.36. The van der Waals surface area contributed by atoms with E-state index in [9.17, 15) is 9.59 Å². The SMILES string of the molecule is COC(=O)c1nc(-c2cccc(NN(C)C(=O)OC(C)(C)C)c2)cnc1N. The highest BCUT2D eigenvalue weighted by molar-refractivity contribution is 5.92. The van der Waals surface area contributed by atoms with E-state index in [1.807, 2.05) is 0 Å². The highest BCUT2D eigenvalue weighted by atomic mass is 16.6. The molecule has 9 heteroatoms. The molecule has 1 heterocycles. The van der Waals surface area contributed by atoms with Crippen LogP contribution in [0.4, 0.5) is 16.3 Å². The second-order valence-corrected chi connectivity index (χ2v) is 6.71. The summed E-state index contributed by atoms with van der Waals surface area (Å²) in [6, 6.07) is 7.09. The van der Waals surface area contributed by atoms with E-state index < -0.39 is 17.7 Å². The predicted molar refractivity (Wildman–Crippen MR) is 101 cm³/mol. The van der Waals surface area contributed by atoms with Crippen LogP contribution >= 0.6 is 0 Å². The number of anilines is 2. The maximum Gasteiger partial charge on any atom is 0.428 e. The van der Waals surface area contributed by atoms with E-state index in [-0.39, 0.29) is 11.5 Å². The zero-order chi connectivity index (χ0) is 20.2. The molecule has 0 spiro atoms. The molecule has 0 radical (unpaired) electrons. The first-order chi connectivity index (χ1) is 12.6. The summed E-state index contributed by atoms with van der Waals surface area (Å²) in [5.74, 6) is -0.676. The van der Waals surface area contributed by atoms with Crippen LogP contribution in [0, 0.1) is 0 Å². The van der Waals surface area contributed by atoms with Gasteiger partial charge in [-0.25, -0.2) is 24.6 Å². The third-order valence-corrected chi connectivity index (χ3v) is 3.30. The van der Waals surface area contributed by atoms with E-state index in [0.29, 0.717) is 16.9 Å². The zero-order valence-corrected chi connectivity index (χ0v) is 15.9. The molecule has 9 nitrogen and oxygen atoms in total. The van der Waals surface area contributed by atoms with Crippen molar-refractivity contribution in [2.75, 3.05) is 25.3 Å². The van der Waals surface area contributed by atoms with E-state index in [1.165, 1.54) is 18.3 Å².